The van der Waals surface area contributed by atoms with Gasteiger partial charge in [-0.2, -0.15) is 0 Å². The Morgan fingerprint density at radius 1 is 1.35 bits per heavy atom. The molecule has 0 saturated carbocycles. The number of thiazole rings is 1. The summed E-state index contributed by atoms with van der Waals surface area (Å²) in [6, 6.07) is 7.48. The number of nitrogens with zero attached hydrogens (tertiary/aromatic N) is 1. The summed E-state index contributed by atoms with van der Waals surface area (Å²) in [5, 5.41) is 13.6. The Bertz CT molecular complexity index is 651. The number of benzene rings is 1. The van der Waals surface area contributed by atoms with Gasteiger partial charge in [0.1, 0.15) is 5.01 Å². The van der Waals surface area contributed by atoms with Crippen LogP contribution in [-0.2, 0) is 4.79 Å². The van der Waals surface area contributed by atoms with Gasteiger partial charge in [-0.25, -0.2) is 9.78 Å². The molecule has 1 atom stereocenters. The summed E-state index contributed by atoms with van der Waals surface area (Å²) in [7, 11) is 0. The van der Waals surface area contributed by atoms with E-state index < -0.39 is 11.9 Å². The van der Waals surface area contributed by atoms with Gasteiger partial charge in [-0.3, -0.25) is 4.79 Å². The number of aromatic nitrogens is 1. The van der Waals surface area contributed by atoms with Crippen molar-refractivity contribution in [2.45, 2.75) is 19.8 Å². The monoisotopic (exact) mass is 290 g/mol. The number of amides is 1. The number of hydrogen-bond acceptors (Lipinski definition) is 4. The molecule has 1 heterocycles. The Morgan fingerprint density at radius 3 is 2.65 bits per heavy atom. The van der Waals surface area contributed by atoms with Crippen LogP contribution in [0.5, 0.6) is 0 Å². The van der Waals surface area contributed by atoms with Gasteiger partial charge in [0.05, 0.1) is 5.92 Å². The molecule has 1 aromatic heterocycles. The zero-order valence-electron chi connectivity index (χ0n) is 11.1. The number of carboxylic acids is 1. The quantitative estimate of drug-likeness (QED) is 0.907. The van der Waals surface area contributed by atoms with Crippen LogP contribution in [0.15, 0.2) is 29.6 Å². The lowest BCUT2D eigenvalue weighted by Gasteiger charge is -2.11. The minimum Gasteiger partial charge on any atom is -0.476 e. The van der Waals surface area contributed by atoms with Gasteiger partial charge in [0.25, 0.3) is 0 Å². The average molecular weight is 290 g/mol. The fourth-order valence-electron chi connectivity index (χ4n) is 1.65. The summed E-state index contributed by atoms with van der Waals surface area (Å²) >= 11 is 1.18. The van der Waals surface area contributed by atoms with Gasteiger partial charge in [0, 0.05) is 11.1 Å². The summed E-state index contributed by atoms with van der Waals surface area (Å²) in [6.45, 7) is 3.62. The van der Waals surface area contributed by atoms with Crippen LogP contribution in [0.4, 0.5) is 5.69 Å². The van der Waals surface area contributed by atoms with E-state index in [1.165, 1.54) is 16.7 Å². The minimum atomic E-state index is -1.08. The number of carbonyl (C=O) groups excluding carboxylic acids is 1. The third kappa shape index (κ3) is 3.03. The standard InChI is InChI=1S/C14H14N2O3S/c1-8-5-3-4-6-10(8)15-12(17)9(2)13-16-11(7-20-13)14(18)19/h3-7,9H,1-2H3,(H,15,17)(H,18,19)/t9-/m1/s1. The van der Waals surface area contributed by atoms with Crippen LogP contribution >= 0.6 is 11.3 Å². The Hall–Kier alpha value is -2.21. The lowest BCUT2D eigenvalue weighted by molar-refractivity contribution is -0.117. The minimum absolute atomic E-state index is 0.0273. The first kappa shape index (κ1) is 14.2. The van der Waals surface area contributed by atoms with E-state index >= 15 is 0 Å². The van der Waals surface area contributed by atoms with Gasteiger partial charge in [-0.15, -0.1) is 11.3 Å². The highest BCUT2D eigenvalue weighted by atomic mass is 32.1. The first-order valence-corrected chi connectivity index (χ1v) is 6.92. The van der Waals surface area contributed by atoms with Crippen molar-refractivity contribution in [3.05, 3.63) is 45.9 Å². The molecular weight excluding hydrogens is 276 g/mol. The second-order valence-electron chi connectivity index (χ2n) is 4.40. The molecule has 0 saturated heterocycles. The lowest BCUT2D eigenvalue weighted by atomic mass is 10.1. The molecule has 2 rings (SSSR count). The summed E-state index contributed by atoms with van der Waals surface area (Å²) < 4.78 is 0. The van der Waals surface area contributed by atoms with Crippen LogP contribution in [0, 0.1) is 6.92 Å². The van der Waals surface area contributed by atoms with Crippen LogP contribution < -0.4 is 5.32 Å². The molecule has 0 aliphatic rings. The molecule has 0 aliphatic heterocycles. The molecule has 0 aliphatic carbocycles. The molecule has 0 radical (unpaired) electrons. The second-order valence-corrected chi connectivity index (χ2v) is 5.29. The number of carboxylic acid groups (broad SMARTS) is 1. The van der Waals surface area contributed by atoms with E-state index in [4.69, 9.17) is 5.11 Å². The van der Waals surface area contributed by atoms with Crippen LogP contribution in [0.25, 0.3) is 0 Å². The lowest BCUT2D eigenvalue weighted by Crippen LogP contribution is -2.19. The SMILES string of the molecule is Cc1ccccc1NC(=O)[C@@H](C)c1nc(C(=O)O)cs1. The molecule has 0 spiro atoms. The number of rotatable bonds is 4. The van der Waals surface area contributed by atoms with Crippen molar-refractivity contribution in [1.29, 1.82) is 0 Å². The first-order valence-electron chi connectivity index (χ1n) is 6.04. The van der Waals surface area contributed by atoms with Gasteiger partial charge in [0.2, 0.25) is 5.91 Å². The predicted octanol–water partition coefficient (Wildman–Crippen LogP) is 2.89. The van der Waals surface area contributed by atoms with Crippen molar-refractivity contribution < 1.29 is 14.7 Å². The van der Waals surface area contributed by atoms with E-state index in [0.717, 1.165) is 11.3 Å². The number of nitrogens with one attached hydrogen (secondary N) is 1. The maximum atomic E-state index is 12.2. The summed E-state index contributed by atoms with van der Waals surface area (Å²) in [5.41, 5.74) is 1.69. The van der Waals surface area contributed by atoms with Crippen molar-refractivity contribution in [2.24, 2.45) is 0 Å². The van der Waals surface area contributed by atoms with E-state index in [2.05, 4.69) is 10.3 Å². The number of hydrogen-bond donors (Lipinski definition) is 2. The molecule has 2 N–H and O–H groups in total. The maximum Gasteiger partial charge on any atom is 0.355 e. The van der Waals surface area contributed by atoms with E-state index in [1.807, 2.05) is 31.2 Å². The van der Waals surface area contributed by atoms with E-state index in [-0.39, 0.29) is 11.6 Å². The Morgan fingerprint density at radius 2 is 2.05 bits per heavy atom. The smallest absolute Gasteiger partial charge is 0.355 e. The summed E-state index contributed by atoms with van der Waals surface area (Å²) in [6.07, 6.45) is 0. The van der Waals surface area contributed by atoms with Crippen molar-refractivity contribution in [3.8, 4) is 0 Å². The molecule has 2 aromatic rings. The summed E-state index contributed by atoms with van der Waals surface area (Å²) in [4.78, 5) is 26.9. The van der Waals surface area contributed by atoms with Crippen molar-refractivity contribution >= 4 is 28.9 Å². The molecule has 0 unspecified atom stereocenters. The van der Waals surface area contributed by atoms with Crippen LogP contribution in [0.3, 0.4) is 0 Å². The number of anilines is 1. The van der Waals surface area contributed by atoms with Gasteiger partial charge >= 0.3 is 5.97 Å². The number of carbonyl (C=O) groups is 2. The third-order valence-electron chi connectivity index (χ3n) is 2.91. The third-order valence-corrected chi connectivity index (χ3v) is 3.94. The number of aryl methyl sites for hydroxylation is 1. The molecule has 1 amide bonds. The van der Waals surface area contributed by atoms with Crippen LogP contribution in [-0.4, -0.2) is 22.0 Å². The van der Waals surface area contributed by atoms with E-state index in [9.17, 15) is 9.59 Å². The predicted molar refractivity (Wildman–Crippen MR) is 77.3 cm³/mol. The Kier molecular flexibility index (Phi) is 4.14. The topological polar surface area (TPSA) is 79.3 Å². The fraction of sp³-hybridized carbons (Fsp3) is 0.214. The molecule has 5 nitrogen and oxygen atoms in total. The molecule has 0 fully saturated rings. The molecule has 1 aromatic carbocycles. The number of para-hydroxylation sites is 1. The van der Waals surface area contributed by atoms with E-state index in [1.54, 1.807) is 6.92 Å². The highest BCUT2D eigenvalue weighted by Gasteiger charge is 2.20. The van der Waals surface area contributed by atoms with Gasteiger partial charge in [0.15, 0.2) is 5.69 Å². The molecule has 104 valence electrons. The first-order chi connectivity index (χ1) is 9.49. The molecule has 0 bridgehead atoms. The average Bonchev–Trinajstić information content (AvgIpc) is 2.90. The van der Waals surface area contributed by atoms with Gasteiger partial charge < -0.3 is 10.4 Å². The second kappa shape index (κ2) is 5.83. The molecule has 20 heavy (non-hydrogen) atoms. The zero-order valence-corrected chi connectivity index (χ0v) is 11.9. The Labute approximate surface area is 120 Å². The number of aromatic carboxylic acids is 1. The van der Waals surface area contributed by atoms with Crippen molar-refractivity contribution in [1.82, 2.24) is 4.98 Å². The van der Waals surface area contributed by atoms with Crippen LogP contribution in [0.1, 0.15) is 33.9 Å². The normalized spacial score (nSPS) is 11.9. The highest BCUT2D eigenvalue weighted by Crippen LogP contribution is 2.23. The van der Waals surface area contributed by atoms with Crippen molar-refractivity contribution in [3.63, 3.8) is 0 Å². The molecular formula is C14H14N2O3S. The zero-order chi connectivity index (χ0) is 14.7. The van der Waals surface area contributed by atoms with Gasteiger partial charge in [-0.05, 0) is 25.5 Å². The largest absolute Gasteiger partial charge is 0.476 e. The van der Waals surface area contributed by atoms with E-state index in [0.29, 0.717) is 5.01 Å². The van der Waals surface area contributed by atoms with Crippen molar-refractivity contribution in [2.75, 3.05) is 5.32 Å². The van der Waals surface area contributed by atoms with Gasteiger partial charge in [-0.1, -0.05) is 18.2 Å². The summed E-state index contributed by atoms with van der Waals surface area (Å²) in [5.74, 6) is -1.78. The molecule has 6 heteroatoms. The Balaban J connectivity index is 2.12. The fourth-order valence-corrected chi connectivity index (χ4v) is 2.50. The maximum absolute atomic E-state index is 12.2. The van der Waals surface area contributed by atoms with Crippen LogP contribution in [0.2, 0.25) is 0 Å². The highest BCUT2D eigenvalue weighted by molar-refractivity contribution is 7.10.